The first-order valence-electron chi connectivity index (χ1n) is 6.64. The molecule has 1 N–H and O–H groups in total. The number of likely N-dealkylation sites (N-methyl/N-ethyl adjacent to an activating group) is 1. The Kier molecular flexibility index (Phi) is 5.81. The summed E-state index contributed by atoms with van der Waals surface area (Å²) in [6.45, 7) is 3.06. The first-order chi connectivity index (χ1) is 8.18. The highest BCUT2D eigenvalue weighted by molar-refractivity contribution is 7.47. The van der Waals surface area contributed by atoms with Gasteiger partial charge in [0.1, 0.15) is 13.2 Å². The summed E-state index contributed by atoms with van der Waals surface area (Å²) in [7, 11) is 2.14. The summed E-state index contributed by atoms with van der Waals surface area (Å²) in [6.07, 6.45) is 3.81. The topological polar surface area (TPSA) is 55.8 Å². The predicted octanol–water partition coefficient (Wildman–Crippen LogP) is 2.40. The molecule has 0 bridgehead atoms. The Morgan fingerprint density at radius 1 is 1.33 bits per heavy atom. The van der Waals surface area contributed by atoms with Crippen LogP contribution in [-0.4, -0.2) is 49.8 Å². The minimum Gasteiger partial charge on any atom is -0.329 e. The van der Waals surface area contributed by atoms with E-state index in [1.165, 1.54) is 6.42 Å². The lowest BCUT2D eigenvalue weighted by atomic mass is 9.89. The monoisotopic (exact) mass is 280 g/mol. The summed E-state index contributed by atoms with van der Waals surface area (Å²) in [5.41, 5.74) is 0. The van der Waals surface area contributed by atoms with Crippen LogP contribution in [0.1, 0.15) is 32.6 Å². The molecule has 1 rings (SSSR count). The molecule has 0 aromatic heterocycles. The molecule has 108 valence electrons. The molecule has 3 atom stereocenters. The average Bonchev–Trinajstić information content (AvgIpc) is 2.13. The number of rotatable bonds is 6. The zero-order valence-corrected chi connectivity index (χ0v) is 12.9. The zero-order chi connectivity index (χ0) is 13.8. The van der Waals surface area contributed by atoms with Gasteiger partial charge in [0.2, 0.25) is 0 Å². The van der Waals surface area contributed by atoms with Crippen LogP contribution in [-0.2, 0) is 13.6 Å². The minimum absolute atomic E-state index is 0.131. The maximum atomic E-state index is 11.8. The van der Waals surface area contributed by atoms with E-state index < -0.39 is 7.82 Å². The number of phosphoric acid groups is 1. The Morgan fingerprint density at radius 2 is 2.00 bits per heavy atom. The first kappa shape index (κ1) is 16.1. The van der Waals surface area contributed by atoms with Crippen molar-refractivity contribution < 1.29 is 23.0 Å². The summed E-state index contributed by atoms with van der Waals surface area (Å²) in [6, 6.07) is 0. The van der Waals surface area contributed by atoms with Gasteiger partial charge < -0.3 is 9.38 Å². The second-order valence-electron chi connectivity index (χ2n) is 6.31. The maximum Gasteiger partial charge on any atom is 0.472 e. The second kappa shape index (κ2) is 6.49. The Morgan fingerprint density at radius 3 is 2.56 bits per heavy atom. The van der Waals surface area contributed by atoms with Crippen molar-refractivity contribution in [2.75, 3.05) is 34.3 Å². The van der Waals surface area contributed by atoms with Crippen molar-refractivity contribution in [2.24, 2.45) is 5.92 Å². The fraction of sp³-hybridized carbons (Fsp3) is 1.00. The Bertz CT molecular complexity index is 303. The molecule has 1 fully saturated rings. The fourth-order valence-corrected chi connectivity index (χ4v) is 3.06. The Balaban J connectivity index is 2.32. The predicted molar refractivity (Wildman–Crippen MR) is 71.2 cm³/mol. The van der Waals surface area contributed by atoms with Crippen molar-refractivity contribution in [1.29, 1.82) is 0 Å². The van der Waals surface area contributed by atoms with Crippen LogP contribution in [0, 0.1) is 5.92 Å². The molecule has 1 saturated carbocycles. The van der Waals surface area contributed by atoms with E-state index >= 15 is 0 Å². The van der Waals surface area contributed by atoms with Gasteiger partial charge in [-0.25, -0.2) is 4.57 Å². The van der Waals surface area contributed by atoms with Crippen molar-refractivity contribution in [1.82, 2.24) is 0 Å². The number of phosphoric ester groups is 1. The highest BCUT2D eigenvalue weighted by atomic mass is 31.2. The fourth-order valence-electron chi connectivity index (χ4n) is 2.12. The van der Waals surface area contributed by atoms with E-state index in [0.717, 1.165) is 19.3 Å². The molecule has 0 radical (unpaired) electrons. The van der Waals surface area contributed by atoms with Crippen LogP contribution >= 0.6 is 7.82 Å². The molecule has 3 unspecified atom stereocenters. The first-order valence-corrected chi connectivity index (χ1v) is 8.14. The van der Waals surface area contributed by atoms with Crippen LogP contribution < -0.4 is 0 Å². The zero-order valence-electron chi connectivity index (χ0n) is 12.0. The van der Waals surface area contributed by atoms with Gasteiger partial charge in [-0.2, -0.15) is 0 Å². The van der Waals surface area contributed by atoms with Gasteiger partial charge in [0.15, 0.2) is 0 Å². The van der Waals surface area contributed by atoms with Crippen LogP contribution in [0.3, 0.4) is 0 Å². The molecule has 1 aliphatic rings. The summed E-state index contributed by atoms with van der Waals surface area (Å²) in [4.78, 5) is 9.65. The Hall–Kier alpha value is 0.0700. The van der Waals surface area contributed by atoms with Crippen LogP contribution in [0.4, 0.5) is 0 Å². The largest absolute Gasteiger partial charge is 0.472 e. The Labute approximate surface area is 110 Å². The molecule has 0 aromatic rings. The second-order valence-corrected chi connectivity index (χ2v) is 7.72. The van der Waals surface area contributed by atoms with E-state index in [-0.39, 0.29) is 12.7 Å². The van der Waals surface area contributed by atoms with Gasteiger partial charge in [0, 0.05) is 0 Å². The molecule has 0 heterocycles. The van der Waals surface area contributed by atoms with Gasteiger partial charge in [0.25, 0.3) is 0 Å². The van der Waals surface area contributed by atoms with Crippen molar-refractivity contribution >= 4 is 7.82 Å². The smallest absolute Gasteiger partial charge is 0.329 e. The molecule has 0 aromatic carbocycles. The number of hydrogen-bond acceptors (Lipinski definition) is 3. The van der Waals surface area contributed by atoms with Gasteiger partial charge >= 0.3 is 7.82 Å². The lowest BCUT2D eigenvalue weighted by molar-refractivity contribution is -0.870. The summed E-state index contributed by atoms with van der Waals surface area (Å²) in [5, 5.41) is 0. The average molecular weight is 280 g/mol. The lowest BCUT2D eigenvalue weighted by Crippen LogP contribution is -2.37. The van der Waals surface area contributed by atoms with Crippen LogP contribution in [0.5, 0.6) is 0 Å². The SMILES string of the molecule is CC1CCCC(OP(=O)(O)OCC[N+](C)(C)C)C1. The molecule has 18 heavy (non-hydrogen) atoms. The van der Waals surface area contributed by atoms with Gasteiger partial charge in [-0.05, 0) is 18.8 Å². The highest BCUT2D eigenvalue weighted by Crippen LogP contribution is 2.47. The summed E-state index contributed by atoms with van der Waals surface area (Å²) >= 11 is 0. The quantitative estimate of drug-likeness (QED) is 0.599. The van der Waals surface area contributed by atoms with E-state index in [1.807, 2.05) is 21.1 Å². The molecule has 1 aliphatic carbocycles. The van der Waals surface area contributed by atoms with E-state index in [0.29, 0.717) is 16.9 Å². The van der Waals surface area contributed by atoms with E-state index in [4.69, 9.17) is 9.05 Å². The van der Waals surface area contributed by atoms with Crippen LogP contribution in [0.25, 0.3) is 0 Å². The van der Waals surface area contributed by atoms with E-state index in [9.17, 15) is 9.46 Å². The van der Waals surface area contributed by atoms with E-state index in [2.05, 4.69) is 6.92 Å². The van der Waals surface area contributed by atoms with Crippen molar-refractivity contribution in [3.8, 4) is 0 Å². The van der Waals surface area contributed by atoms with Gasteiger partial charge in [-0.3, -0.25) is 9.05 Å². The summed E-state index contributed by atoms with van der Waals surface area (Å²) in [5.74, 6) is 0.565. The van der Waals surface area contributed by atoms with E-state index in [1.54, 1.807) is 0 Å². The van der Waals surface area contributed by atoms with Crippen LogP contribution in [0.15, 0.2) is 0 Å². The van der Waals surface area contributed by atoms with Crippen molar-refractivity contribution in [2.45, 2.75) is 38.7 Å². The standard InChI is InChI=1S/C12H26NO4P/c1-11-6-5-7-12(10-11)17-18(14,15)16-9-8-13(2,3)4/h11-12H,5-10H2,1-4H3/p+1. The third-order valence-corrected chi connectivity index (χ3v) is 4.26. The van der Waals surface area contributed by atoms with Crippen LogP contribution in [0.2, 0.25) is 0 Å². The van der Waals surface area contributed by atoms with Gasteiger partial charge in [0.05, 0.1) is 27.2 Å². The molecular formula is C12H27NO4P+. The number of nitrogens with zero attached hydrogens (tertiary/aromatic N) is 1. The molecular weight excluding hydrogens is 253 g/mol. The van der Waals surface area contributed by atoms with Gasteiger partial charge in [-0.15, -0.1) is 0 Å². The summed E-state index contributed by atoms with van der Waals surface area (Å²) < 4.78 is 22.7. The molecule has 6 heteroatoms. The minimum atomic E-state index is -3.88. The molecule has 0 amide bonds. The van der Waals surface area contributed by atoms with Crippen molar-refractivity contribution in [3.63, 3.8) is 0 Å². The number of hydrogen-bond donors (Lipinski definition) is 1. The lowest BCUT2D eigenvalue weighted by Gasteiger charge is -2.28. The molecule has 0 saturated heterocycles. The third-order valence-electron chi connectivity index (χ3n) is 3.19. The molecule has 0 aliphatic heterocycles. The molecule has 5 nitrogen and oxygen atoms in total. The highest BCUT2D eigenvalue weighted by Gasteiger charge is 2.30. The normalized spacial score (nSPS) is 28.9. The van der Waals surface area contributed by atoms with Crippen molar-refractivity contribution in [3.05, 3.63) is 0 Å². The maximum absolute atomic E-state index is 11.8. The molecule has 0 spiro atoms. The third kappa shape index (κ3) is 6.86. The number of quaternary nitrogens is 1. The van der Waals surface area contributed by atoms with Gasteiger partial charge in [-0.1, -0.05) is 19.8 Å².